The standard InChI is InChI=1S/C14H21NO4S/c1-8-6-9(2)20-11(8)7-10(12(16)17)15-13(18)19-14(3,4)5/h6,10H,7H2,1-5H3,(H,15,18)(H,16,17)/t10-/m0/s1. The van der Waals surface area contributed by atoms with E-state index in [1.807, 2.05) is 19.9 Å². The molecule has 0 aromatic carbocycles. The van der Waals surface area contributed by atoms with Gasteiger partial charge in [-0.1, -0.05) is 0 Å². The third-order valence-corrected chi connectivity index (χ3v) is 3.70. The summed E-state index contributed by atoms with van der Waals surface area (Å²) in [4.78, 5) is 25.0. The number of amides is 1. The molecule has 0 aliphatic heterocycles. The maximum Gasteiger partial charge on any atom is 0.408 e. The van der Waals surface area contributed by atoms with E-state index >= 15 is 0 Å². The molecule has 0 spiro atoms. The minimum atomic E-state index is -1.07. The van der Waals surface area contributed by atoms with Crippen LogP contribution in [0, 0.1) is 13.8 Å². The van der Waals surface area contributed by atoms with Crippen LogP contribution >= 0.6 is 11.3 Å². The first-order valence-electron chi connectivity index (χ1n) is 6.36. The van der Waals surface area contributed by atoms with E-state index in [4.69, 9.17) is 4.74 Å². The Balaban J connectivity index is 2.73. The van der Waals surface area contributed by atoms with Crippen molar-refractivity contribution in [3.8, 4) is 0 Å². The molecule has 1 aromatic rings. The molecule has 0 saturated carbocycles. The summed E-state index contributed by atoms with van der Waals surface area (Å²) < 4.78 is 5.08. The fraction of sp³-hybridized carbons (Fsp3) is 0.571. The summed E-state index contributed by atoms with van der Waals surface area (Å²) in [5.41, 5.74) is 0.396. The first-order chi connectivity index (χ1) is 9.08. The van der Waals surface area contributed by atoms with E-state index in [9.17, 15) is 14.7 Å². The van der Waals surface area contributed by atoms with Gasteiger partial charge in [0, 0.05) is 16.2 Å². The van der Waals surface area contributed by atoms with E-state index in [1.165, 1.54) is 0 Å². The Labute approximate surface area is 123 Å². The van der Waals surface area contributed by atoms with Crippen LogP contribution in [0.5, 0.6) is 0 Å². The lowest BCUT2D eigenvalue weighted by Crippen LogP contribution is -2.44. The third-order valence-electron chi connectivity index (χ3n) is 2.52. The van der Waals surface area contributed by atoms with Crippen molar-refractivity contribution >= 4 is 23.4 Å². The number of ether oxygens (including phenoxy) is 1. The molecule has 0 bridgehead atoms. The number of thiophene rings is 1. The Morgan fingerprint density at radius 3 is 2.40 bits per heavy atom. The maximum atomic E-state index is 11.7. The summed E-state index contributed by atoms with van der Waals surface area (Å²) in [7, 11) is 0. The highest BCUT2D eigenvalue weighted by Gasteiger charge is 2.25. The van der Waals surface area contributed by atoms with Crippen molar-refractivity contribution in [1.82, 2.24) is 5.32 Å². The van der Waals surface area contributed by atoms with E-state index in [0.29, 0.717) is 0 Å². The van der Waals surface area contributed by atoms with E-state index < -0.39 is 23.7 Å². The molecule has 1 rings (SSSR count). The number of rotatable bonds is 4. The highest BCUT2D eigenvalue weighted by Crippen LogP contribution is 2.22. The molecule has 1 heterocycles. The normalized spacial score (nSPS) is 12.8. The minimum Gasteiger partial charge on any atom is -0.480 e. The SMILES string of the molecule is Cc1cc(C)c(C[C@H](NC(=O)OC(C)(C)C)C(=O)O)s1. The number of hydrogen-bond acceptors (Lipinski definition) is 4. The molecule has 0 fully saturated rings. The van der Waals surface area contributed by atoms with Gasteiger partial charge in [0.05, 0.1) is 0 Å². The van der Waals surface area contributed by atoms with Crippen molar-refractivity contribution in [3.05, 3.63) is 21.4 Å². The van der Waals surface area contributed by atoms with Gasteiger partial charge >= 0.3 is 12.1 Å². The third kappa shape index (κ3) is 5.21. The molecule has 0 aliphatic carbocycles. The van der Waals surface area contributed by atoms with Gasteiger partial charge in [-0.15, -0.1) is 11.3 Å². The van der Waals surface area contributed by atoms with Gasteiger partial charge in [0.25, 0.3) is 0 Å². The second-order valence-corrected chi connectivity index (χ2v) is 7.05. The van der Waals surface area contributed by atoms with Crippen molar-refractivity contribution in [2.24, 2.45) is 0 Å². The van der Waals surface area contributed by atoms with E-state index in [2.05, 4.69) is 5.32 Å². The molecule has 5 nitrogen and oxygen atoms in total. The van der Waals surface area contributed by atoms with Crippen molar-refractivity contribution < 1.29 is 19.4 Å². The summed E-state index contributed by atoms with van der Waals surface area (Å²) in [6, 6.07) is 1.02. The van der Waals surface area contributed by atoms with Gasteiger partial charge in [-0.2, -0.15) is 0 Å². The van der Waals surface area contributed by atoms with Crippen LogP contribution in [-0.2, 0) is 16.0 Å². The lowest BCUT2D eigenvalue weighted by Gasteiger charge is -2.22. The molecular weight excluding hydrogens is 278 g/mol. The van der Waals surface area contributed by atoms with Crippen molar-refractivity contribution in [1.29, 1.82) is 0 Å². The summed E-state index contributed by atoms with van der Waals surface area (Å²) >= 11 is 1.54. The molecule has 112 valence electrons. The van der Waals surface area contributed by atoms with Crippen LogP contribution in [0.25, 0.3) is 0 Å². The average molecular weight is 299 g/mol. The van der Waals surface area contributed by atoms with E-state index in [0.717, 1.165) is 15.3 Å². The van der Waals surface area contributed by atoms with Gasteiger partial charge < -0.3 is 15.2 Å². The monoisotopic (exact) mass is 299 g/mol. The highest BCUT2D eigenvalue weighted by atomic mass is 32.1. The number of carbonyl (C=O) groups is 2. The molecule has 2 N–H and O–H groups in total. The summed E-state index contributed by atoms with van der Waals surface area (Å²) in [5.74, 6) is -1.07. The van der Waals surface area contributed by atoms with Crippen molar-refractivity contribution in [3.63, 3.8) is 0 Å². The topological polar surface area (TPSA) is 75.6 Å². The number of nitrogens with one attached hydrogen (secondary N) is 1. The molecule has 1 atom stereocenters. The van der Waals surface area contributed by atoms with Gasteiger partial charge in [-0.3, -0.25) is 0 Å². The Hall–Kier alpha value is -1.56. The number of aliphatic carboxylic acids is 1. The molecule has 0 unspecified atom stereocenters. The van der Waals surface area contributed by atoms with Crippen LogP contribution in [0.2, 0.25) is 0 Å². The van der Waals surface area contributed by atoms with E-state index in [-0.39, 0.29) is 6.42 Å². The Kier molecular flexibility index (Phi) is 5.16. The number of aryl methyl sites for hydroxylation is 2. The Morgan fingerprint density at radius 2 is 2.00 bits per heavy atom. The second-order valence-electron chi connectivity index (χ2n) is 5.70. The van der Waals surface area contributed by atoms with Crippen LogP contribution in [-0.4, -0.2) is 28.8 Å². The summed E-state index contributed by atoms with van der Waals surface area (Å²) in [6.45, 7) is 9.10. The van der Waals surface area contributed by atoms with Crippen LogP contribution < -0.4 is 5.32 Å². The molecule has 1 amide bonds. The Bertz CT molecular complexity index is 502. The van der Waals surface area contributed by atoms with Crippen LogP contribution in [0.15, 0.2) is 6.07 Å². The predicted octanol–water partition coefficient (Wildman–Crippen LogP) is 2.89. The Morgan fingerprint density at radius 1 is 1.40 bits per heavy atom. The van der Waals surface area contributed by atoms with E-state index in [1.54, 1.807) is 32.1 Å². The number of carboxylic acids is 1. The zero-order valence-electron chi connectivity index (χ0n) is 12.4. The van der Waals surface area contributed by atoms with Crippen molar-refractivity contribution in [2.45, 2.75) is 52.7 Å². The van der Waals surface area contributed by atoms with Crippen LogP contribution in [0.1, 0.15) is 36.1 Å². The first-order valence-corrected chi connectivity index (χ1v) is 7.18. The molecule has 6 heteroatoms. The molecule has 20 heavy (non-hydrogen) atoms. The highest BCUT2D eigenvalue weighted by molar-refractivity contribution is 7.12. The molecule has 0 radical (unpaired) electrons. The van der Waals surface area contributed by atoms with Gasteiger partial charge in [0.2, 0.25) is 0 Å². The number of carbonyl (C=O) groups excluding carboxylic acids is 1. The zero-order valence-corrected chi connectivity index (χ0v) is 13.3. The fourth-order valence-electron chi connectivity index (χ4n) is 1.73. The maximum absolute atomic E-state index is 11.7. The van der Waals surface area contributed by atoms with Crippen molar-refractivity contribution in [2.75, 3.05) is 0 Å². The summed E-state index contributed by atoms with van der Waals surface area (Å²) in [5, 5.41) is 11.6. The first kappa shape index (κ1) is 16.5. The van der Waals surface area contributed by atoms with Gasteiger partial charge in [-0.05, 0) is 46.2 Å². The number of carboxylic acid groups (broad SMARTS) is 1. The van der Waals surface area contributed by atoms with Gasteiger partial charge in [0.15, 0.2) is 0 Å². The molecular formula is C14H21NO4S. The second kappa shape index (κ2) is 6.26. The quantitative estimate of drug-likeness (QED) is 0.896. The van der Waals surface area contributed by atoms with Crippen LogP contribution in [0.3, 0.4) is 0 Å². The molecule has 1 aromatic heterocycles. The summed E-state index contributed by atoms with van der Waals surface area (Å²) in [6.07, 6.45) is -0.449. The zero-order chi connectivity index (χ0) is 15.5. The smallest absolute Gasteiger partial charge is 0.408 e. The number of alkyl carbamates (subject to hydrolysis) is 1. The largest absolute Gasteiger partial charge is 0.480 e. The van der Waals surface area contributed by atoms with Gasteiger partial charge in [0.1, 0.15) is 11.6 Å². The fourth-order valence-corrected chi connectivity index (χ4v) is 2.82. The number of hydrogen-bond donors (Lipinski definition) is 2. The minimum absolute atomic E-state index is 0.263. The molecule has 0 saturated heterocycles. The van der Waals surface area contributed by atoms with Gasteiger partial charge in [-0.25, -0.2) is 9.59 Å². The lowest BCUT2D eigenvalue weighted by molar-refractivity contribution is -0.139. The van der Waals surface area contributed by atoms with Crippen LogP contribution in [0.4, 0.5) is 4.79 Å². The lowest BCUT2D eigenvalue weighted by atomic mass is 10.1. The molecule has 0 aliphatic rings. The average Bonchev–Trinajstić information content (AvgIpc) is 2.53. The predicted molar refractivity (Wildman–Crippen MR) is 78.3 cm³/mol.